The maximum atomic E-state index is 6.49. The number of rotatable bonds is 4. The molecule has 1 aromatic rings. The van der Waals surface area contributed by atoms with Crippen molar-refractivity contribution in [2.45, 2.75) is 50.4 Å². The van der Waals surface area contributed by atoms with Crippen molar-refractivity contribution in [2.75, 3.05) is 18.8 Å². The van der Waals surface area contributed by atoms with E-state index in [9.17, 15) is 0 Å². The number of nitrogens with zero attached hydrogens (tertiary/aromatic N) is 1. The van der Waals surface area contributed by atoms with Crippen LogP contribution in [0.3, 0.4) is 0 Å². The molecule has 2 unspecified atom stereocenters. The molecule has 118 valence electrons. The standard InChI is InChI=1S/C17H27BrN2S/c1-4-15(19)16(13-6-5-7-14(18)12-13)20-9-8-17(2,3)21-11-10-20/h5-7,12,15-16H,4,8-11,19H2,1-3H3. The average molecular weight is 371 g/mol. The summed E-state index contributed by atoms with van der Waals surface area (Å²) in [4.78, 5) is 2.59. The Hall–Kier alpha value is -0.0300. The first-order chi connectivity index (χ1) is 9.93. The lowest BCUT2D eigenvalue weighted by atomic mass is 9.95. The lowest BCUT2D eigenvalue weighted by molar-refractivity contribution is 0.177. The Bertz CT molecular complexity index is 464. The van der Waals surface area contributed by atoms with Gasteiger partial charge in [0.2, 0.25) is 0 Å². The second-order valence-electron chi connectivity index (χ2n) is 6.47. The van der Waals surface area contributed by atoms with E-state index in [0.717, 1.165) is 24.0 Å². The third-order valence-corrected chi connectivity index (χ3v) is 6.20. The largest absolute Gasteiger partial charge is 0.326 e. The molecule has 0 spiro atoms. The van der Waals surface area contributed by atoms with Gasteiger partial charge in [0.05, 0.1) is 0 Å². The van der Waals surface area contributed by atoms with Crippen molar-refractivity contribution in [3.63, 3.8) is 0 Å². The van der Waals surface area contributed by atoms with E-state index in [1.165, 1.54) is 17.7 Å². The van der Waals surface area contributed by atoms with Crippen LogP contribution >= 0.6 is 27.7 Å². The fourth-order valence-electron chi connectivity index (χ4n) is 2.96. The van der Waals surface area contributed by atoms with Crippen LogP contribution in [0.2, 0.25) is 0 Å². The zero-order valence-corrected chi connectivity index (χ0v) is 15.7. The quantitative estimate of drug-likeness (QED) is 0.848. The zero-order valence-electron chi connectivity index (χ0n) is 13.3. The van der Waals surface area contributed by atoms with Crippen molar-refractivity contribution >= 4 is 27.7 Å². The van der Waals surface area contributed by atoms with Gasteiger partial charge < -0.3 is 5.73 Å². The van der Waals surface area contributed by atoms with Gasteiger partial charge in [0.15, 0.2) is 0 Å². The SMILES string of the molecule is CCC(N)C(c1cccc(Br)c1)N1CCSC(C)(C)CC1. The minimum Gasteiger partial charge on any atom is -0.326 e. The van der Waals surface area contributed by atoms with Crippen LogP contribution in [0.5, 0.6) is 0 Å². The van der Waals surface area contributed by atoms with Crippen LogP contribution < -0.4 is 5.73 Å². The molecule has 0 bridgehead atoms. The van der Waals surface area contributed by atoms with Crippen molar-refractivity contribution < 1.29 is 0 Å². The molecule has 0 amide bonds. The molecule has 1 aliphatic heterocycles. The first-order valence-electron chi connectivity index (χ1n) is 7.82. The number of thioether (sulfide) groups is 1. The zero-order chi connectivity index (χ0) is 15.5. The van der Waals surface area contributed by atoms with Gasteiger partial charge in [0.1, 0.15) is 0 Å². The van der Waals surface area contributed by atoms with Gasteiger partial charge in [-0.1, -0.05) is 48.8 Å². The Morgan fingerprint density at radius 1 is 1.38 bits per heavy atom. The fourth-order valence-corrected chi connectivity index (χ4v) is 4.49. The summed E-state index contributed by atoms with van der Waals surface area (Å²) in [6.07, 6.45) is 2.23. The molecule has 2 N–H and O–H groups in total. The number of benzene rings is 1. The maximum absolute atomic E-state index is 6.49. The number of hydrogen-bond acceptors (Lipinski definition) is 3. The van der Waals surface area contributed by atoms with Crippen LogP contribution in [0.25, 0.3) is 0 Å². The molecule has 1 aliphatic rings. The first-order valence-corrected chi connectivity index (χ1v) is 9.60. The molecule has 1 heterocycles. The van der Waals surface area contributed by atoms with E-state index in [1.54, 1.807) is 0 Å². The van der Waals surface area contributed by atoms with Gasteiger partial charge in [-0.3, -0.25) is 4.90 Å². The lowest BCUT2D eigenvalue weighted by Gasteiger charge is -2.35. The Labute approximate surface area is 142 Å². The van der Waals surface area contributed by atoms with Gasteiger partial charge in [0.25, 0.3) is 0 Å². The average Bonchev–Trinajstić information content (AvgIpc) is 2.60. The molecule has 2 rings (SSSR count). The van der Waals surface area contributed by atoms with Gasteiger partial charge in [-0.25, -0.2) is 0 Å². The summed E-state index contributed by atoms with van der Waals surface area (Å²) >= 11 is 5.68. The van der Waals surface area contributed by atoms with E-state index in [-0.39, 0.29) is 6.04 Å². The molecule has 21 heavy (non-hydrogen) atoms. The summed E-state index contributed by atoms with van der Waals surface area (Å²) in [5, 5.41) is 0. The van der Waals surface area contributed by atoms with E-state index < -0.39 is 0 Å². The second kappa shape index (κ2) is 7.49. The smallest absolute Gasteiger partial charge is 0.0499 e. The van der Waals surface area contributed by atoms with Gasteiger partial charge in [-0.15, -0.1) is 0 Å². The third kappa shape index (κ3) is 4.72. The highest BCUT2D eigenvalue weighted by molar-refractivity contribution is 9.10. The molecular formula is C17H27BrN2S. The van der Waals surface area contributed by atoms with Crippen LogP contribution in [0, 0.1) is 0 Å². The number of hydrogen-bond donors (Lipinski definition) is 1. The van der Waals surface area contributed by atoms with Crippen LogP contribution in [-0.4, -0.2) is 34.5 Å². The highest BCUT2D eigenvalue weighted by Gasteiger charge is 2.30. The topological polar surface area (TPSA) is 29.3 Å². The molecular weight excluding hydrogens is 344 g/mol. The van der Waals surface area contributed by atoms with E-state index in [4.69, 9.17) is 5.73 Å². The number of nitrogens with two attached hydrogens (primary N) is 1. The predicted molar refractivity (Wildman–Crippen MR) is 97.9 cm³/mol. The van der Waals surface area contributed by atoms with Crippen molar-refractivity contribution in [3.05, 3.63) is 34.3 Å². The molecule has 1 aromatic carbocycles. The van der Waals surface area contributed by atoms with E-state index in [1.807, 2.05) is 0 Å². The van der Waals surface area contributed by atoms with Crippen LogP contribution in [0.15, 0.2) is 28.7 Å². The monoisotopic (exact) mass is 370 g/mol. The molecule has 2 atom stereocenters. The first kappa shape index (κ1) is 17.3. The van der Waals surface area contributed by atoms with E-state index in [0.29, 0.717) is 10.8 Å². The summed E-state index contributed by atoms with van der Waals surface area (Å²) in [7, 11) is 0. The van der Waals surface area contributed by atoms with Gasteiger partial charge >= 0.3 is 0 Å². The fraction of sp³-hybridized carbons (Fsp3) is 0.647. The Balaban J connectivity index is 2.24. The Kier molecular flexibility index (Phi) is 6.18. The summed E-state index contributed by atoms with van der Waals surface area (Å²) in [5.41, 5.74) is 7.82. The molecule has 0 radical (unpaired) electrons. The van der Waals surface area contributed by atoms with Gasteiger partial charge in [-0.2, -0.15) is 11.8 Å². The van der Waals surface area contributed by atoms with Crippen molar-refractivity contribution in [2.24, 2.45) is 5.73 Å². The Morgan fingerprint density at radius 3 is 2.81 bits per heavy atom. The minimum atomic E-state index is 0.186. The van der Waals surface area contributed by atoms with E-state index in [2.05, 4.69) is 77.6 Å². The molecule has 1 fully saturated rings. The van der Waals surface area contributed by atoms with Crippen molar-refractivity contribution in [1.82, 2.24) is 4.90 Å². The summed E-state index contributed by atoms with van der Waals surface area (Å²) in [6, 6.07) is 9.15. The summed E-state index contributed by atoms with van der Waals surface area (Å²) < 4.78 is 1.52. The number of halogens is 1. The van der Waals surface area contributed by atoms with E-state index >= 15 is 0 Å². The molecule has 1 saturated heterocycles. The highest BCUT2D eigenvalue weighted by Crippen LogP contribution is 2.35. The molecule has 4 heteroatoms. The molecule has 0 aromatic heterocycles. The molecule has 2 nitrogen and oxygen atoms in total. The molecule has 0 saturated carbocycles. The Morgan fingerprint density at radius 2 is 2.14 bits per heavy atom. The van der Waals surface area contributed by atoms with Gasteiger partial charge in [-0.05, 0) is 30.5 Å². The lowest BCUT2D eigenvalue weighted by Crippen LogP contribution is -2.42. The third-order valence-electron chi connectivity index (χ3n) is 4.33. The van der Waals surface area contributed by atoms with Crippen molar-refractivity contribution in [1.29, 1.82) is 0 Å². The molecule has 0 aliphatic carbocycles. The van der Waals surface area contributed by atoms with Crippen molar-refractivity contribution in [3.8, 4) is 0 Å². The highest BCUT2D eigenvalue weighted by atomic mass is 79.9. The maximum Gasteiger partial charge on any atom is 0.0499 e. The van der Waals surface area contributed by atoms with Crippen LogP contribution in [0.4, 0.5) is 0 Å². The normalized spacial score (nSPS) is 22.5. The predicted octanol–water partition coefficient (Wildman–Crippen LogP) is 4.45. The van der Waals surface area contributed by atoms with Crippen LogP contribution in [0.1, 0.15) is 45.2 Å². The minimum absolute atomic E-state index is 0.186. The summed E-state index contributed by atoms with van der Waals surface area (Å²) in [5.74, 6) is 1.19. The van der Waals surface area contributed by atoms with Gasteiger partial charge in [0, 0.05) is 40.1 Å². The summed E-state index contributed by atoms with van der Waals surface area (Å²) in [6.45, 7) is 9.15. The van der Waals surface area contributed by atoms with Crippen LogP contribution in [-0.2, 0) is 0 Å². The second-order valence-corrected chi connectivity index (χ2v) is 9.18.